The van der Waals surface area contributed by atoms with E-state index in [-0.39, 0.29) is 19.0 Å². The number of hydrogen-bond acceptors (Lipinski definition) is 9. The van der Waals surface area contributed by atoms with Gasteiger partial charge in [0.25, 0.3) is 0 Å². The summed E-state index contributed by atoms with van der Waals surface area (Å²) < 4.78 is 44.6. The number of carbonyl (C=O) groups is 3. The van der Waals surface area contributed by atoms with Gasteiger partial charge in [-0.2, -0.15) is 8.42 Å². The molecular formula is C24H30O10S. The molecule has 0 heterocycles. The fraction of sp³-hybridized carbons (Fsp3) is 0.458. The molecule has 192 valence electrons. The summed E-state index contributed by atoms with van der Waals surface area (Å²) in [6, 6.07) is 12.0. The van der Waals surface area contributed by atoms with Crippen molar-refractivity contribution in [3.8, 4) is 5.75 Å². The monoisotopic (exact) mass is 510 g/mol. The third-order valence-corrected chi connectivity index (χ3v) is 5.95. The average Bonchev–Trinajstić information content (AvgIpc) is 2.79. The number of esters is 2. The molecule has 0 fully saturated rings. The zero-order chi connectivity index (χ0) is 25.9. The molecule has 0 spiro atoms. The highest BCUT2D eigenvalue weighted by molar-refractivity contribution is 7.81. The Morgan fingerprint density at radius 1 is 0.886 bits per heavy atom. The van der Waals surface area contributed by atoms with Gasteiger partial charge >= 0.3 is 28.3 Å². The summed E-state index contributed by atoms with van der Waals surface area (Å²) in [4.78, 5) is 37.4. The average molecular weight is 511 g/mol. The number of carboxylic acid groups (broad SMARTS) is 1. The van der Waals surface area contributed by atoms with E-state index in [1.54, 1.807) is 43.3 Å². The van der Waals surface area contributed by atoms with E-state index in [1.807, 2.05) is 6.92 Å². The Hall–Kier alpha value is -3.02. The molecule has 0 radical (unpaired) electrons. The van der Waals surface area contributed by atoms with Gasteiger partial charge in [0.2, 0.25) is 5.60 Å². The lowest BCUT2D eigenvalue weighted by Gasteiger charge is -2.26. The largest absolute Gasteiger partial charge is 0.479 e. The van der Waals surface area contributed by atoms with E-state index in [4.69, 9.17) is 17.8 Å². The highest BCUT2D eigenvalue weighted by atomic mass is 32.3. The minimum Gasteiger partial charge on any atom is -0.479 e. The molecule has 0 amide bonds. The first kappa shape index (κ1) is 28.2. The van der Waals surface area contributed by atoms with Crippen LogP contribution in [0.2, 0.25) is 0 Å². The van der Waals surface area contributed by atoms with Crippen molar-refractivity contribution < 1.29 is 45.7 Å². The summed E-state index contributed by atoms with van der Waals surface area (Å²) in [6.45, 7) is 3.41. The second kappa shape index (κ2) is 13.2. The van der Waals surface area contributed by atoms with Crippen LogP contribution in [0.4, 0.5) is 0 Å². The van der Waals surface area contributed by atoms with E-state index in [9.17, 15) is 27.9 Å². The smallest absolute Gasteiger partial charge is 0.400 e. The van der Waals surface area contributed by atoms with Crippen LogP contribution in [0.1, 0.15) is 52.4 Å². The Bertz CT molecular complexity index is 1120. The fourth-order valence-electron chi connectivity index (χ4n) is 3.12. The number of fused-ring (bicyclic) bond motifs is 1. The minimum atomic E-state index is -4.88. The SMILES string of the molecule is CCCCOC(=O)CC(CC(=O)Oc1cccc2ccccc12)(OS(=O)(=O)OCCCC)C(=O)O. The fourth-order valence-corrected chi connectivity index (χ4v) is 4.07. The van der Waals surface area contributed by atoms with Crippen molar-refractivity contribution in [2.24, 2.45) is 0 Å². The molecule has 2 aromatic carbocycles. The van der Waals surface area contributed by atoms with Gasteiger partial charge in [0, 0.05) is 5.39 Å². The van der Waals surface area contributed by atoms with Crippen molar-refractivity contribution in [2.75, 3.05) is 13.2 Å². The number of unbranched alkanes of at least 4 members (excludes halogenated alkanes) is 2. The van der Waals surface area contributed by atoms with Gasteiger partial charge in [-0.1, -0.05) is 63.1 Å². The normalized spacial score (nSPS) is 13.2. The molecule has 0 aliphatic rings. The molecule has 1 atom stereocenters. The minimum absolute atomic E-state index is 0.00519. The summed E-state index contributed by atoms with van der Waals surface area (Å²) in [5.41, 5.74) is -2.82. The van der Waals surface area contributed by atoms with Crippen LogP contribution >= 0.6 is 0 Å². The molecule has 1 N–H and O–H groups in total. The zero-order valence-electron chi connectivity index (χ0n) is 19.7. The van der Waals surface area contributed by atoms with Crippen molar-refractivity contribution in [3.05, 3.63) is 42.5 Å². The Morgan fingerprint density at radius 3 is 2.20 bits per heavy atom. The highest BCUT2D eigenvalue weighted by Crippen LogP contribution is 2.29. The molecule has 35 heavy (non-hydrogen) atoms. The first-order valence-corrected chi connectivity index (χ1v) is 12.6. The molecule has 0 aliphatic carbocycles. The van der Waals surface area contributed by atoms with Crippen LogP contribution < -0.4 is 4.74 Å². The van der Waals surface area contributed by atoms with Crippen LogP contribution in [-0.2, 0) is 37.9 Å². The van der Waals surface area contributed by atoms with Gasteiger partial charge < -0.3 is 14.6 Å². The predicted molar refractivity (Wildman–Crippen MR) is 126 cm³/mol. The predicted octanol–water partition coefficient (Wildman–Crippen LogP) is 3.77. The molecule has 0 bridgehead atoms. The van der Waals surface area contributed by atoms with Crippen molar-refractivity contribution in [1.82, 2.24) is 0 Å². The number of aliphatic carboxylic acids is 1. The van der Waals surface area contributed by atoms with Crippen molar-refractivity contribution in [1.29, 1.82) is 0 Å². The summed E-state index contributed by atoms with van der Waals surface area (Å²) in [5, 5.41) is 11.3. The highest BCUT2D eigenvalue weighted by Gasteiger charge is 2.49. The summed E-state index contributed by atoms with van der Waals surface area (Å²) in [6.07, 6.45) is 0.0719. The molecular weight excluding hydrogens is 480 g/mol. The maximum Gasteiger partial charge on any atom is 0.400 e. The molecule has 0 saturated carbocycles. The lowest BCUT2D eigenvalue weighted by molar-refractivity contribution is -0.168. The Balaban J connectivity index is 2.31. The Morgan fingerprint density at radius 2 is 1.51 bits per heavy atom. The third kappa shape index (κ3) is 8.61. The first-order valence-electron chi connectivity index (χ1n) is 11.3. The molecule has 10 nitrogen and oxygen atoms in total. The van der Waals surface area contributed by atoms with E-state index in [0.717, 1.165) is 5.39 Å². The summed E-state index contributed by atoms with van der Waals surface area (Å²) in [7, 11) is -4.88. The van der Waals surface area contributed by atoms with Gasteiger partial charge in [-0.15, -0.1) is 0 Å². The van der Waals surface area contributed by atoms with Crippen molar-refractivity contribution >= 4 is 39.1 Å². The summed E-state index contributed by atoms with van der Waals surface area (Å²) in [5.74, 6) is -3.88. The van der Waals surface area contributed by atoms with Crippen LogP contribution in [0.15, 0.2) is 42.5 Å². The van der Waals surface area contributed by atoms with Gasteiger partial charge in [0.1, 0.15) is 5.75 Å². The Labute approximate surface area is 204 Å². The standard InChI is InChI=1S/C24H30O10S/c1-3-5-14-31-21(25)16-24(23(27)28,34-35(29,30)32-15-6-4-2)17-22(26)33-20-13-9-11-18-10-7-8-12-19(18)20/h7-13H,3-6,14-17H2,1-2H3,(H,27,28). The maximum atomic E-state index is 12.8. The molecule has 0 aromatic heterocycles. The maximum absolute atomic E-state index is 12.8. The van der Waals surface area contributed by atoms with E-state index in [2.05, 4.69) is 0 Å². The first-order chi connectivity index (χ1) is 16.6. The van der Waals surface area contributed by atoms with E-state index in [1.165, 1.54) is 6.07 Å². The number of benzene rings is 2. The lowest BCUT2D eigenvalue weighted by Crippen LogP contribution is -2.48. The molecule has 0 aliphatic heterocycles. The molecule has 0 saturated heterocycles. The van der Waals surface area contributed by atoms with Crippen LogP contribution in [0.5, 0.6) is 5.75 Å². The second-order valence-electron chi connectivity index (χ2n) is 7.85. The van der Waals surface area contributed by atoms with Crippen molar-refractivity contribution in [3.63, 3.8) is 0 Å². The van der Waals surface area contributed by atoms with Crippen LogP contribution in [-0.4, -0.2) is 50.2 Å². The van der Waals surface area contributed by atoms with Gasteiger partial charge in [-0.05, 0) is 24.3 Å². The van der Waals surface area contributed by atoms with Gasteiger partial charge in [-0.25, -0.2) is 13.2 Å². The van der Waals surface area contributed by atoms with Gasteiger partial charge in [-0.3, -0.25) is 9.59 Å². The van der Waals surface area contributed by atoms with Crippen LogP contribution in [0, 0.1) is 0 Å². The molecule has 2 aromatic rings. The van der Waals surface area contributed by atoms with Crippen molar-refractivity contribution in [2.45, 2.75) is 58.0 Å². The summed E-state index contributed by atoms with van der Waals surface area (Å²) >= 11 is 0. The molecule has 2 rings (SSSR count). The quantitative estimate of drug-likeness (QED) is 0.214. The van der Waals surface area contributed by atoms with Crippen LogP contribution in [0.3, 0.4) is 0 Å². The topological polar surface area (TPSA) is 142 Å². The van der Waals surface area contributed by atoms with E-state index in [0.29, 0.717) is 31.1 Å². The van der Waals surface area contributed by atoms with E-state index >= 15 is 0 Å². The van der Waals surface area contributed by atoms with Gasteiger partial charge in [0.15, 0.2) is 0 Å². The number of ether oxygens (including phenoxy) is 2. The van der Waals surface area contributed by atoms with E-state index < -0.39 is 46.7 Å². The van der Waals surface area contributed by atoms with Crippen LogP contribution in [0.25, 0.3) is 10.8 Å². The molecule has 1 unspecified atom stereocenters. The Kier molecular flexibility index (Phi) is 10.6. The molecule has 11 heteroatoms. The van der Waals surface area contributed by atoms with Gasteiger partial charge in [0.05, 0.1) is 26.1 Å². The number of hydrogen-bond donors (Lipinski definition) is 1. The zero-order valence-corrected chi connectivity index (χ0v) is 20.5. The lowest BCUT2D eigenvalue weighted by atomic mass is 9.96. The number of carbonyl (C=O) groups excluding carboxylic acids is 2. The number of rotatable bonds is 15. The second-order valence-corrected chi connectivity index (χ2v) is 9.06. The third-order valence-electron chi connectivity index (χ3n) is 4.97. The number of carboxylic acids is 1.